The summed E-state index contributed by atoms with van der Waals surface area (Å²) in [5.74, 6) is -0.875. The lowest BCUT2D eigenvalue weighted by Crippen LogP contribution is -2.41. The van der Waals surface area contributed by atoms with Gasteiger partial charge in [-0.3, -0.25) is 9.59 Å². The van der Waals surface area contributed by atoms with Gasteiger partial charge in [0.15, 0.2) is 11.5 Å². The molecule has 1 aromatic carbocycles. The predicted octanol–water partition coefficient (Wildman–Crippen LogP) is 4.00. The summed E-state index contributed by atoms with van der Waals surface area (Å²) in [6, 6.07) is 7.47. The maximum Gasteiger partial charge on any atom is 0.290 e. The van der Waals surface area contributed by atoms with Crippen molar-refractivity contribution in [2.45, 2.75) is 64.5 Å². The molecule has 1 heterocycles. The summed E-state index contributed by atoms with van der Waals surface area (Å²) in [6.45, 7) is 3.76. The molecule has 1 aromatic rings. The van der Waals surface area contributed by atoms with Crippen LogP contribution in [0.4, 0.5) is 0 Å². The van der Waals surface area contributed by atoms with E-state index in [1.54, 1.807) is 11.8 Å². The van der Waals surface area contributed by atoms with Crippen LogP contribution in [0.25, 0.3) is 0 Å². The Morgan fingerprint density at radius 2 is 1.88 bits per heavy atom. The highest BCUT2D eigenvalue weighted by Crippen LogP contribution is 2.43. The molecule has 0 saturated heterocycles. The van der Waals surface area contributed by atoms with Crippen molar-refractivity contribution < 1.29 is 14.7 Å². The molecule has 1 aliphatic heterocycles. The van der Waals surface area contributed by atoms with E-state index in [9.17, 15) is 14.7 Å². The zero-order valence-electron chi connectivity index (χ0n) is 14.4. The van der Waals surface area contributed by atoms with E-state index in [-0.39, 0.29) is 35.5 Å². The van der Waals surface area contributed by atoms with Gasteiger partial charge in [-0.1, -0.05) is 50.5 Å². The first-order chi connectivity index (χ1) is 11.6. The normalized spacial score (nSPS) is 22.3. The lowest BCUT2D eigenvalue weighted by molar-refractivity contribution is -0.132. The number of ketones is 1. The summed E-state index contributed by atoms with van der Waals surface area (Å²) < 4.78 is 0. The summed E-state index contributed by atoms with van der Waals surface area (Å²) in [5.41, 5.74) is 2.26. The SMILES string of the molecule is CCC(=O)C1=C(O)C(=O)N(C2CCCCC2)C1c1ccccc1C. The van der Waals surface area contributed by atoms with E-state index in [1.807, 2.05) is 31.2 Å². The minimum Gasteiger partial charge on any atom is -0.503 e. The Labute approximate surface area is 143 Å². The average molecular weight is 327 g/mol. The topological polar surface area (TPSA) is 57.6 Å². The number of amides is 1. The first-order valence-electron chi connectivity index (χ1n) is 8.90. The Bertz CT molecular complexity index is 686. The summed E-state index contributed by atoms with van der Waals surface area (Å²) >= 11 is 0. The monoisotopic (exact) mass is 327 g/mol. The minimum atomic E-state index is -0.450. The minimum absolute atomic E-state index is 0.0974. The molecule has 0 spiro atoms. The van der Waals surface area contributed by atoms with Crippen molar-refractivity contribution in [2.75, 3.05) is 0 Å². The summed E-state index contributed by atoms with van der Waals surface area (Å²) in [6.07, 6.45) is 5.53. The van der Waals surface area contributed by atoms with Crippen LogP contribution < -0.4 is 0 Å². The number of carbonyl (C=O) groups is 2. The van der Waals surface area contributed by atoms with E-state index < -0.39 is 6.04 Å². The summed E-state index contributed by atoms with van der Waals surface area (Å²) in [4.78, 5) is 27.1. The molecular weight excluding hydrogens is 302 g/mol. The van der Waals surface area contributed by atoms with Crippen LogP contribution in [0.3, 0.4) is 0 Å². The van der Waals surface area contributed by atoms with Crippen LogP contribution in [0.5, 0.6) is 0 Å². The van der Waals surface area contributed by atoms with Crippen LogP contribution in [0.2, 0.25) is 0 Å². The first-order valence-corrected chi connectivity index (χ1v) is 8.90. The number of aliphatic hydroxyl groups excluding tert-OH is 1. The molecule has 0 radical (unpaired) electrons. The van der Waals surface area contributed by atoms with Crippen molar-refractivity contribution in [3.63, 3.8) is 0 Å². The predicted molar refractivity (Wildman–Crippen MR) is 92.6 cm³/mol. The maximum atomic E-state index is 12.8. The number of aryl methyl sites for hydroxylation is 1. The number of hydrogen-bond acceptors (Lipinski definition) is 3. The fourth-order valence-electron chi connectivity index (χ4n) is 4.03. The molecule has 128 valence electrons. The van der Waals surface area contributed by atoms with Crippen LogP contribution in [-0.4, -0.2) is 27.7 Å². The van der Waals surface area contributed by atoms with Gasteiger partial charge in [-0.25, -0.2) is 0 Å². The van der Waals surface area contributed by atoms with E-state index in [1.165, 1.54) is 6.42 Å². The fraction of sp³-hybridized carbons (Fsp3) is 0.500. The van der Waals surface area contributed by atoms with Gasteiger partial charge >= 0.3 is 0 Å². The number of Topliss-reactive ketones (excluding diaryl/α,β-unsaturated/α-hetero) is 1. The third-order valence-electron chi connectivity index (χ3n) is 5.32. The molecule has 24 heavy (non-hydrogen) atoms. The van der Waals surface area contributed by atoms with Gasteiger partial charge in [-0.2, -0.15) is 0 Å². The molecule has 1 aliphatic carbocycles. The van der Waals surface area contributed by atoms with Crippen LogP contribution in [0.1, 0.15) is 62.6 Å². The third-order valence-corrected chi connectivity index (χ3v) is 5.32. The van der Waals surface area contributed by atoms with Gasteiger partial charge in [0.25, 0.3) is 5.91 Å². The number of aliphatic hydroxyl groups is 1. The van der Waals surface area contributed by atoms with Crippen molar-refractivity contribution in [1.82, 2.24) is 4.90 Å². The standard InChI is InChI=1S/C20H25NO3/c1-3-16(22)17-18(15-12-8-7-9-13(15)2)21(20(24)19(17)23)14-10-5-4-6-11-14/h7-9,12,14,18,23H,3-6,10-11H2,1-2H3. The Morgan fingerprint density at radius 1 is 1.21 bits per heavy atom. The zero-order chi connectivity index (χ0) is 17.3. The maximum absolute atomic E-state index is 12.8. The highest BCUT2D eigenvalue weighted by atomic mass is 16.3. The van der Waals surface area contributed by atoms with Crippen molar-refractivity contribution in [1.29, 1.82) is 0 Å². The molecule has 1 N–H and O–H groups in total. The molecule has 2 aliphatic rings. The lowest BCUT2D eigenvalue weighted by Gasteiger charge is -2.37. The van der Waals surface area contributed by atoms with Crippen molar-refractivity contribution in [3.8, 4) is 0 Å². The molecule has 1 saturated carbocycles. The number of carbonyl (C=O) groups excluding carboxylic acids is 2. The van der Waals surface area contributed by atoms with E-state index in [0.29, 0.717) is 0 Å². The smallest absolute Gasteiger partial charge is 0.290 e. The Balaban J connectivity index is 2.10. The van der Waals surface area contributed by atoms with Gasteiger partial charge in [0.1, 0.15) is 0 Å². The molecule has 1 amide bonds. The molecule has 3 rings (SSSR count). The molecule has 0 aromatic heterocycles. The van der Waals surface area contributed by atoms with Gasteiger partial charge < -0.3 is 10.0 Å². The molecule has 1 unspecified atom stereocenters. The zero-order valence-corrected chi connectivity index (χ0v) is 14.4. The summed E-state index contributed by atoms with van der Waals surface area (Å²) in [5, 5.41) is 10.5. The highest BCUT2D eigenvalue weighted by Gasteiger charge is 2.46. The second-order valence-corrected chi connectivity index (χ2v) is 6.80. The highest BCUT2D eigenvalue weighted by molar-refractivity contribution is 6.09. The van der Waals surface area contributed by atoms with Gasteiger partial charge in [-0.15, -0.1) is 0 Å². The van der Waals surface area contributed by atoms with E-state index >= 15 is 0 Å². The summed E-state index contributed by atoms with van der Waals surface area (Å²) in [7, 11) is 0. The molecule has 4 heteroatoms. The van der Waals surface area contributed by atoms with E-state index in [4.69, 9.17) is 0 Å². The second-order valence-electron chi connectivity index (χ2n) is 6.80. The van der Waals surface area contributed by atoms with Crippen molar-refractivity contribution in [3.05, 3.63) is 46.7 Å². The quantitative estimate of drug-likeness (QED) is 0.909. The molecule has 1 fully saturated rings. The van der Waals surface area contributed by atoms with Gasteiger partial charge in [0, 0.05) is 12.5 Å². The number of benzene rings is 1. The van der Waals surface area contributed by atoms with Crippen molar-refractivity contribution in [2.24, 2.45) is 0 Å². The fourth-order valence-corrected chi connectivity index (χ4v) is 4.03. The third kappa shape index (κ3) is 2.74. The number of hydrogen-bond donors (Lipinski definition) is 1. The molecule has 4 nitrogen and oxygen atoms in total. The number of nitrogens with zero attached hydrogens (tertiary/aromatic N) is 1. The Morgan fingerprint density at radius 3 is 2.50 bits per heavy atom. The van der Waals surface area contributed by atoms with Gasteiger partial charge in [0.05, 0.1) is 11.6 Å². The van der Waals surface area contributed by atoms with Crippen LogP contribution in [0, 0.1) is 6.92 Å². The molecule has 0 bridgehead atoms. The van der Waals surface area contributed by atoms with Gasteiger partial charge in [0.2, 0.25) is 0 Å². The lowest BCUT2D eigenvalue weighted by atomic mass is 9.88. The van der Waals surface area contributed by atoms with Gasteiger partial charge in [-0.05, 0) is 30.9 Å². The van der Waals surface area contributed by atoms with E-state index in [0.717, 1.165) is 36.8 Å². The van der Waals surface area contributed by atoms with Crippen molar-refractivity contribution >= 4 is 11.7 Å². The van der Waals surface area contributed by atoms with Crippen LogP contribution in [0.15, 0.2) is 35.6 Å². The number of rotatable bonds is 4. The van der Waals surface area contributed by atoms with Crippen LogP contribution >= 0.6 is 0 Å². The first kappa shape index (κ1) is 16.7. The van der Waals surface area contributed by atoms with E-state index in [2.05, 4.69) is 0 Å². The molecule has 1 atom stereocenters. The largest absolute Gasteiger partial charge is 0.503 e. The second kappa shape index (κ2) is 6.80. The Kier molecular flexibility index (Phi) is 4.74. The Hall–Kier alpha value is -2.10. The van der Waals surface area contributed by atoms with Crippen LogP contribution in [-0.2, 0) is 9.59 Å². The molecular formula is C20H25NO3. The average Bonchev–Trinajstić information content (AvgIpc) is 2.87.